The molecule has 2 aromatic rings. The second-order valence-corrected chi connectivity index (χ2v) is 21.5. The average Bonchev–Trinajstić information content (AvgIpc) is 3.42. The van der Waals surface area contributed by atoms with Gasteiger partial charge in [0.2, 0.25) is 65.0 Å². The molecule has 0 aliphatic carbocycles. The number of phenolic OH excluding ortho intramolecular Hbond substituents is 1. The largest absolute Gasteiger partial charge is 0.508 e. The van der Waals surface area contributed by atoms with Crippen LogP contribution in [0.1, 0.15) is 123 Å². The molecule has 0 radical (unpaired) electrons. The summed E-state index contributed by atoms with van der Waals surface area (Å²) in [7, 11) is 0. The summed E-state index contributed by atoms with van der Waals surface area (Å²) in [5.41, 5.74) is 34.2. The zero-order valence-electron chi connectivity index (χ0n) is 48.5. The van der Waals surface area contributed by atoms with Gasteiger partial charge in [-0.2, -0.15) is 0 Å². The highest BCUT2D eigenvalue weighted by Crippen LogP contribution is 2.16. The van der Waals surface area contributed by atoms with E-state index in [1.165, 1.54) is 38.1 Å². The van der Waals surface area contributed by atoms with E-state index in [0.29, 0.717) is 24.0 Å². The number of rotatable bonds is 39. The van der Waals surface area contributed by atoms with Crippen LogP contribution in [0.5, 0.6) is 5.75 Å². The van der Waals surface area contributed by atoms with Crippen LogP contribution in [0.25, 0.3) is 0 Å². The van der Waals surface area contributed by atoms with E-state index < -0.39 is 119 Å². The minimum atomic E-state index is -1.49. The number of nitrogens with two attached hydrogens (primary N) is 6. The molecule has 0 aliphatic rings. The summed E-state index contributed by atoms with van der Waals surface area (Å²) in [6, 6.07) is 4.06. The number of carbonyl (C=O) groups excluding carboxylic acids is 11. The van der Waals surface area contributed by atoms with Gasteiger partial charge in [0, 0.05) is 38.1 Å². The van der Waals surface area contributed by atoms with Crippen LogP contribution < -0.4 is 76.9 Å². The van der Waals surface area contributed by atoms with E-state index in [1.807, 2.05) is 27.7 Å². The first kappa shape index (κ1) is 70.7. The molecule has 27 nitrogen and oxygen atoms in total. The normalized spacial score (nSPS) is 14.3. The average molecular weight is 1160 g/mol. The van der Waals surface area contributed by atoms with Gasteiger partial charge in [0.25, 0.3) is 0 Å². The first-order chi connectivity index (χ1) is 39.1. The third kappa shape index (κ3) is 28.3. The molecule has 460 valence electrons. The molecule has 0 aliphatic heterocycles. The summed E-state index contributed by atoms with van der Waals surface area (Å²) in [6.07, 6.45) is 0.0134. The van der Waals surface area contributed by atoms with Crippen molar-refractivity contribution in [3.63, 3.8) is 0 Å². The van der Waals surface area contributed by atoms with Crippen LogP contribution in [0.4, 0.5) is 0 Å². The van der Waals surface area contributed by atoms with Gasteiger partial charge in [-0.05, 0) is 106 Å². The highest BCUT2D eigenvalue weighted by molar-refractivity contribution is 5.98. The summed E-state index contributed by atoms with van der Waals surface area (Å²) in [4.78, 5) is 152. The van der Waals surface area contributed by atoms with Gasteiger partial charge in [0.05, 0.1) is 0 Å². The number of benzene rings is 2. The van der Waals surface area contributed by atoms with Crippen molar-refractivity contribution in [1.29, 1.82) is 0 Å². The van der Waals surface area contributed by atoms with Crippen molar-refractivity contribution in [3.05, 3.63) is 65.7 Å². The molecule has 0 unspecified atom stereocenters. The maximum absolute atomic E-state index is 14.6. The number of primary amides is 3. The standard InChI is InChI=1S/C56H89N15O12/c1-31(2)27-41(53(81)69-42(28-32(3)4)54(82)71-43(29-35-13-8-7-9-14-35)52(80)64-34(6)47(60)75)68-50(78)38(15-10-11-25-57)66-49(77)39(16-12-26-63-56(61)62)67-55(83)44(30-36-18-20-37(72)21-19-36)70-51(79)40(22-24-46(59)74)65-48(76)33(5)17-23-45(58)73/h7-9,13-14,18-21,31-34,38-44,72H,10-12,15-17,22-30,57H2,1-6H3,(H2,58,73)(H2,59,74)(H2,60,75)(H,64,80)(H,65,76)(H,66,77)(H,67,83)(H,68,78)(H,69,81)(H,70,79)(H,71,82)(H4,61,62,63)/t33-,34-,38-,39-,40-,41-,42-,43-,44-/m0/s1. The van der Waals surface area contributed by atoms with E-state index in [2.05, 4.69) is 47.5 Å². The van der Waals surface area contributed by atoms with Crippen LogP contribution in [-0.4, -0.2) is 137 Å². The van der Waals surface area contributed by atoms with Gasteiger partial charge in [0.15, 0.2) is 5.96 Å². The summed E-state index contributed by atoms with van der Waals surface area (Å²) < 4.78 is 0. The highest BCUT2D eigenvalue weighted by Gasteiger charge is 2.35. The van der Waals surface area contributed by atoms with Gasteiger partial charge in [0.1, 0.15) is 54.1 Å². The molecule has 0 heterocycles. The van der Waals surface area contributed by atoms with Crippen molar-refractivity contribution in [2.75, 3.05) is 13.1 Å². The lowest BCUT2D eigenvalue weighted by atomic mass is 9.98. The molecule has 11 amide bonds. The zero-order chi connectivity index (χ0) is 62.3. The summed E-state index contributed by atoms with van der Waals surface area (Å²) in [5.74, 6) is -10.0. The Kier molecular flexibility index (Phi) is 31.4. The van der Waals surface area contributed by atoms with Gasteiger partial charge in [-0.1, -0.05) is 77.1 Å². The van der Waals surface area contributed by atoms with Crippen LogP contribution >= 0.6 is 0 Å². The smallest absolute Gasteiger partial charge is 0.243 e. The minimum Gasteiger partial charge on any atom is -0.508 e. The van der Waals surface area contributed by atoms with Gasteiger partial charge < -0.3 is 82.0 Å². The number of aromatic hydroxyl groups is 1. The van der Waals surface area contributed by atoms with Crippen LogP contribution in [0, 0.1) is 17.8 Å². The number of hydrogen-bond acceptors (Lipinski definition) is 14. The first-order valence-corrected chi connectivity index (χ1v) is 28.0. The Morgan fingerprint density at radius 3 is 1.28 bits per heavy atom. The topological polar surface area (TPSA) is 473 Å². The van der Waals surface area contributed by atoms with E-state index in [-0.39, 0.29) is 107 Å². The fraction of sp³-hybridized carbons (Fsp3) is 0.571. The van der Waals surface area contributed by atoms with Crippen LogP contribution in [-0.2, 0) is 65.6 Å². The highest BCUT2D eigenvalue weighted by atomic mass is 16.3. The van der Waals surface area contributed by atoms with Crippen LogP contribution in [0.3, 0.4) is 0 Å². The van der Waals surface area contributed by atoms with Gasteiger partial charge >= 0.3 is 0 Å². The molecular weight excluding hydrogens is 1070 g/mol. The summed E-state index contributed by atoms with van der Waals surface area (Å²) >= 11 is 0. The Morgan fingerprint density at radius 1 is 0.446 bits per heavy atom. The molecule has 21 N–H and O–H groups in total. The van der Waals surface area contributed by atoms with Crippen molar-refractivity contribution < 1.29 is 57.8 Å². The number of phenols is 1. The zero-order valence-corrected chi connectivity index (χ0v) is 48.5. The summed E-state index contributed by atoms with van der Waals surface area (Å²) in [5, 5.41) is 31.4. The number of unbranched alkanes of at least 4 members (excludes halogenated alkanes) is 1. The van der Waals surface area contributed by atoms with Crippen molar-refractivity contribution >= 4 is 70.9 Å². The molecule has 0 fully saturated rings. The van der Waals surface area contributed by atoms with Gasteiger partial charge in [-0.25, -0.2) is 0 Å². The van der Waals surface area contributed by atoms with Crippen LogP contribution in [0.15, 0.2) is 59.6 Å². The quantitative estimate of drug-likeness (QED) is 0.0196. The Labute approximate surface area is 484 Å². The summed E-state index contributed by atoms with van der Waals surface area (Å²) in [6.45, 7) is 10.4. The number of aliphatic imine (C=N–C) groups is 1. The van der Waals surface area contributed by atoms with Crippen molar-refractivity contribution in [3.8, 4) is 5.75 Å². The Bertz CT molecular complexity index is 2510. The number of carbonyl (C=O) groups is 11. The van der Waals surface area contributed by atoms with E-state index in [0.717, 1.165) is 0 Å². The maximum Gasteiger partial charge on any atom is 0.243 e. The van der Waals surface area contributed by atoms with E-state index in [9.17, 15) is 57.8 Å². The molecule has 9 atom stereocenters. The predicted molar refractivity (Wildman–Crippen MR) is 310 cm³/mol. The van der Waals surface area contributed by atoms with Crippen molar-refractivity contribution in [1.82, 2.24) is 42.5 Å². The van der Waals surface area contributed by atoms with E-state index in [4.69, 9.17) is 34.4 Å². The molecule has 0 aromatic heterocycles. The third-order valence-electron chi connectivity index (χ3n) is 13.1. The van der Waals surface area contributed by atoms with E-state index >= 15 is 0 Å². The number of amides is 11. The maximum atomic E-state index is 14.6. The van der Waals surface area contributed by atoms with Crippen molar-refractivity contribution in [2.24, 2.45) is 57.1 Å². The SMILES string of the molecule is CC(C)C[C@H](NC(=O)[C@H](CC(C)C)NC(=O)[C@H](CCCCN)NC(=O)[C@H](CCCN=C(N)N)NC(=O)[C@H](Cc1ccc(O)cc1)NC(=O)[C@H](CCC(N)=O)NC(=O)[C@@H](C)CCC(N)=O)C(=O)N[C@@H](Cc1ccccc1)C(=O)N[C@@H](C)C(N)=O. The lowest BCUT2D eigenvalue weighted by Crippen LogP contribution is -2.60. The fourth-order valence-corrected chi connectivity index (χ4v) is 8.45. The molecule has 2 aromatic carbocycles. The monoisotopic (exact) mass is 1160 g/mol. The molecule has 27 heteroatoms. The second-order valence-electron chi connectivity index (χ2n) is 21.5. The Hall–Kier alpha value is -8.36. The predicted octanol–water partition coefficient (Wildman–Crippen LogP) is -2.00. The number of guanidine groups is 1. The minimum absolute atomic E-state index is 0.00632. The first-order valence-electron chi connectivity index (χ1n) is 28.0. The molecule has 0 bridgehead atoms. The molecule has 83 heavy (non-hydrogen) atoms. The number of nitrogens with one attached hydrogen (secondary N) is 8. The number of hydrogen-bond donors (Lipinski definition) is 15. The van der Waals surface area contributed by atoms with Gasteiger partial charge in [-0.3, -0.25) is 57.7 Å². The third-order valence-corrected chi connectivity index (χ3v) is 13.1. The molecule has 2 rings (SSSR count). The molecule has 0 saturated heterocycles. The molecule has 0 spiro atoms. The molecular formula is C56H89N15O12. The second kappa shape index (κ2) is 36.9. The Balaban J connectivity index is 2.56. The number of nitrogens with zero attached hydrogens (tertiary/aromatic N) is 1. The molecule has 0 saturated carbocycles. The Morgan fingerprint density at radius 2 is 0.831 bits per heavy atom. The van der Waals surface area contributed by atoms with E-state index in [1.54, 1.807) is 30.3 Å². The van der Waals surface area contributed by atoms with Crippen molar-refractivity contribution in [2.45, 2.75) is 173 Å². The van der Waals surface area contributed by atoms with Gasteiger partial charge in [-0.15, -0.1) is 0 Å². The fourth-order valence-electron chi connectivity index (χ4n) is 8.45. The van der Waals surface area contributed by atoms with Crippen LogP contribution in [0.2, 0.25) is 0 Å². The lowest BCUT2D eigenvalue weighted by Gasteiger charge is -2.29. The lowest BCUT2D eigenvalue weighted by molar-refractivity contribution is -0.136.